The minimum atomic E-state index is -0.00168. The second kappa shape index (κ2) is 7.03. The molecule has 3 heterocycles. The van der Waals surface area contributed by atoms with Crippen molar-refractivity contribution in [3.05, 3.63) is 52.6 Å². The molecular weight excluding hydrogens is 348 g/mol. The Morgan fingerprint density at radius 1 is 1.14 bits per heavy atom. The minimum Gasteiger partial charge on any atom is -0.348 e. The number of nitrogens with one attached hydrogen (secondary N) is 1. The third kappa shape index (κ3) is 2.79. The summed E-state index contributed by atoms with van der Waals surface area (Å²) in [4.78, 5) is 25.9. The second-order valence-electron chi connectivity index (χ2n) is 8.63. The molecule has 148 valence electrons. The van der Waals surface area contributed by atoms with Crippen molar-refractivity contribution in [2.24, 2.45) is 0 Å². The summed E-state index contributed by atoms with van der Waals surface area (Å²) in [5, 5.41) is 0. The summed E-state index contributed by atoms with van der Waals surface area (Å²) in [6, 6.07) is 6.35. The normalized spacial score (nSPS) is 21.0. The fourth-order valence-electron chi connectivity index (χ4n) is 5.64. The molecule has 0 saturated carbocycles. The molecule has 1 spiro atoms. The fourth-order valence-corrected chi connectivity index (χ4v) is 5.64. The van der Waals surface area contributed by atoms with Crippen molar-refractivity contribution >= 4 is 5.91 Å². The average Bonchev–Trinajstić information content (AvgIpc) is 3.39. The van der Waals surface area contributed by atoms with Gasteiger partial charge in [0.25, 0.3) is 5.91 Å². The Labute approximate surface area is 167 Å². The smallest absolute Gasteiger partial charge is 0.253 e. The Kier molecular flexibility index (Phi) is 4.50. The lowest BCUT2D eigenvalue weighted by molar-refractivity contribution is 0.00708. The summed E-state index contributed by atoms with van der Waals surface area (Å²) in [6.45, 7) is 6.05. The first-order chi connectivity index (χ1) is 13.7. The number of benzene rings is 1. The van der Waals surface area contributed by atoms with Crippen LogP contribution in [0.15, 0.2) is 24.5 Å². The van der Waals surface area contributed by atoms with Crippen LogP contribution in [0, 0.1) is 0 Å². The lowest BCUT2D eigenvalue weighted by atomic mass is 9.78. The van der Waals surface area contributed by atoms with E-state index in [0.717, 1.165) is 70.3 Å². The highest BCUT2D eigenvalue weighted by Crippen LogP contribution is 2.42. The molecule has 3 aliphatic rings. The van der Waals surface area contributed by atoms with Crippen LogP contribution in [0.5, 0.6) is 0 Å². The van der Waals surface area contributed by atoms with Gasteiger partial charge < -0.3 is 9.88 Å². The van der Waals surface area contributed by atoms with Crippen LogP contribution >= 0.6 is 0 Å². The molecule has 1 fully saturated rings. The van der Waals surface area contributed by atoms with Gasteiger partial charge in [-0.2, -0.15) is 0 Å². The molecule has 0 radical (unpaired) electrons. The Morgan fingerprint density at radius 3 is 2.79 bits per heavy atom. The van der Waals surface area contributed by atoms with Gasteiger partial charge in [0.05, 0.1) is 17.6 Å². The van der Waals surface area contributed by atoms with E-state index in [-0.39, 0.29) is 11.4 Å². The monoisotopic (exact) mass is 378 g/mol. The third-order valence-corrected chi connectivity index (χ3v) is 7.11. The number of aromatic amines is 1. The average molecular weight is 379 g/mol. The van der Waals surface area contributed by atoms with Crippen LogP contribution in [0.3, 0.4) is 0 Å². The maximum absolute atomic E-state index is 13.2. The highest BCUT2D eigenvalue weighted by molar-refractivity contribution is 5.94. The van der Waals surface area contributed by atoms with Gasteiger partial charge in [-0.05, 0) is 68.3 Å². The summed E-state index contributed by atoms with van der Waals surface area (Å²) < 4.78 is 0. The number of carbonyl (C=O) groups is 1. The van der Waals surface area contributed by atoms with E-state index in [9.17, 15) is 4.79 Å². The lowest BCUT2D eigenvalue weighted by Crippen LogP contribution is -2.57. The fraction of sp³-hybridized carbons (Fsp3) is 0.565. The molecule has 1 saturated heterocycles. The number of nitrogens with zero attached hydrogens (tertiary/aromatic N) is 3. The Hall–Kier alpha value is -2.14. The van der Waals surface area contributed by atoms with Gasteiger partial charge in [-0.25, -0.2) is 4.98 Å². The van der Waals surface area contributed by atoms with E-state index in [0.29, 0.717) is 0 Å². The van der Waals surface area contributed by atoms with Gasteiger partial charge in [-0.15, -0.1) is 0 Å². The number of hydrogen-bond acceptors (Lipinski definition) is 3. The molecule has 5 nitrogen and oxygen atoms in total. The van der Waals surface area contributed by atoms with Crippen LogP contribution in [0.25, 0.3) is 0 Å². The number of rotatable bonds is 3. The Balaban J connectivity index is 1.36. The van der Waals surface area contributed by atoms with Gasteiger partial charge in [-0.1, -0.05) is 13.0 Å². The van der Waals surface area contributed by atoms with Crippen molar-refractivity contribution in [3.63, 3.8) is 0 Å². The molecule has 1 aromatic carbocycles. The van der Waals surface area contributed by atoms with Gasteiger partial charge >= 0.3 is 0 Å². The standard InChI is InChI=1S/C23H30N4O/c1-2-11-27-12-8-20-21(25-16-24-20)23(27)9-13-26(14-10-23)22(28)19-7-6-17-4-3-5-18(17)15-19/h6-7,15-16H,2-5,8-14H2,1H3,(H,24,25). The van der Waals surface area contributed by atoms with Gasteiger partial charge in [0.2, 0.25) is 0 Å². The van der Waals surface area contributed by atoms with Crippen LogP contribution in [0.1, 0.15) is 65.5 Å². The maximum Gasteiger partial charge on any atom is 0.253 e. The Morgan fingerprint density at radius 2 is 1.96 bits per heavy atom. The van der Waals surface area contributed by atoms with E-state index >= 15 is 0 Å². The highest BCUT2D eigenvalue weighted by Gasteiger charge is 2.46. The molecule has 0 atom stereocenters. The van der Waals surface area contributed by atoms with Crippen LogP contribution in [-0.4, -0.2) is 51.9 Å². The van der Waals surface area contributed by atoms with E-state index in [2.05, 4.69) is 33.8 Å². The summed E-state index contributed by atoms with van der Waals surface area (Å²) in [7, 11) is 0. The molecule has 5 heteroatoms. The van der Waals surface area contributed by atoms with Crippen molar-refractivity contribution in [2.75, 3.05) is 26.2 Å². The van der Waals surface area contributed by atoms with Gasteiger partial charge in [0, 0.05) is 37.3 Å². The zero-order valence-electron chi connectivity index (χ0n) is 16.8. The first kappa shape index (κ1) is 17.9. The SMILES string of the molecule is CCCN1CCc2[nH]cnc2C12CCN(C(=O)c1ccc3c(c1)CCC3)CC2. The molecule has 0 unspecified atom stereocenters. The number of aromatic nitrogens is 2. The number of amides is 1. The summed E-state index contributed by atoms with van der Waals surface area (Å²) in [6.07, 6.45) is 9.50. The first-order valence-corrected chi connectivity index (χ1v) is 10.9. The largest absolute Gasteiger partial charge is 0.348 e. The van der Waals surface area contributed by atoms with Crippen LogP contribution in [-0.2, 0) is 24.8 Å². The quantitative estimate of drug-likeness (QED) is 0.892. The lowest BCUT2D eigenvalue weighted by Gasteiger charge is -2.50. The van der Waals surface area contributed by atoms with Gasteiger partial charge in [-0.3, -0.25) is 9.69 Å². The molecule has 1 aliphatic carbocycles. The predicted molar refractivity (Wildman–Crippen MR) is 109 cm³/mol. The molecular formula is C23H30N4O. The number of fused-ring (bicyclic) bond motifs is 3. The number of H-pyrrole nitrogens is 1. The van der Waals surface area contributed by atoms with Gasteiger partial charge in [0.15, 0.2) is 0 Å². The van der Waals surface area contributed by atoms with E-state index in [1.165, 1.54) is 28.9 Å². The molecule has 5 rings (SSSR count). The minimum absolute atomic E-state index is 0.00168. The van der Waals surface area contributed by atoms with Crippen molar-refractivity contribution in [3.8, 4) is 0 Å². The maximum atomic E-state index is 13.2. The zero-order valence-corrected chi connectivity index (χ0v) is 16.8. The van der Waals surface area contributed by atoms with Crippen LogP contribution in [0.4, 0.5) is 0 Å². The second-order valence-corrected chi connectivity index (χ2v) is 8.63. The van der Waals surface area contributed by atoms with E-state index < -0.39 is 0 Å². The number of piperidine rings is 1. The molecule has 2 aromatic rings. The Bertz CT molecular complexity index is 878. The predicted octanol–water partition coefficient (Wildman–Crippen LogP) is 3.30. The molecule has 1 N–H and O–H groups in total. The molecule has 1 amide bonds. The van der Waals surface area contributed by atoms with Crippen molar-refractivity contribution in [2.45, 2.75) is 57.4 Å². The number of hydrogen-bond donors (Lipinski definition) is 1. The number of likely N-dealkylation sites (tertiary alicyclic amines) is 1. The number of carbonyl (C=O) groups excluding carboxylic acids is 1. The topological polar surface area (TPSA) is 52.2 Å². The third-order valence-electron chi connectivity index (χ3n) is 7.11. The first-order valence-electron chi connectivity index (χ1n) is 10.9. The van der Waals surface area contributed by atoms with Gasteiger partial charge in [0.1, 0.15) is 0 Å². The van der Waals surface area contributed by atoms with Crippen LogP contribution < -0.4 is 0 Å². The summed E-state index contributed by atoms with van der Waals surface area (Å²) >= 11 is 0. The molecule has 28 heavy (non-hydrogen) atoms. The van der Waals surface area contributed by atoms with E-state index in [4.69, 9.17) is 4.98 Å². The van der Waals surface area contributed by atoms with Crippen LogP contribution in [0.2, 0.25) is 0 Å². The van der Waals surface area contributed by atoms with E-state index in [1.807, 2.05) is 12.4 Å². The van der Waals surface area contributed by atoms with E-state index in [1.54, 1.807) is 0 Å². The van der Waals surface area contributed by atoms with Crippen molar-refractivity contribution in [1.29, 1.82) is 0 Å². The number of aryl methyl sites for hydroxylation is 2. The number of imidazole rings is 1. The highest BCUT2D eigenvalue weighted by atomic mass is 16.2. The molecule has 1 aromatic heterocycles. The zero-order chi connectivity index (χ0) is 19.1. The van der Waals surface area contributed by atoms with Crippen molar-refractivity contribution in [1.82, 2.24) is 19.8 Å². The summed E-state index contributed by atoms with van der Waals surface area (Å²) in [5.74, 6) is 0.199. The van der Waals surface area contributed by atoms with Crippen molar-refractivity contribution < 1.29 is 4.79 Å². The molecule has 2 aliphatic heterocycles. The summed E-state index contributed by atoms with van der Waals surface area (Å²) in [5.41, 5.74) is 6.20. The molecule has 0 bridgehead atoms.